The Hall–Kier alpha value is -3.11. The number of amides is 1. The third-order valence-corrected chi connectivity index (χ3v) is 6.40. The molecule has 0 radical (unpaired) electrons. The van der Waals surface area contributed by atoms with Gasteiger partial charge in [0.05, 0.1) is 24.8 Å². The molecule has 0 aliphatic carbocycles. The molecule has 0 bridgehead atoms. The van der Waals surface area contributed by atoms with Gasteiger partial charge in [-0.1, -0.05) is 6.07 Å². The molecule has 158 valence electrons. The molecule has 0 aliphatic rings. The van der Waals surface area contributed by atoms with E-state index in [0.29, 0.717) is 29.3 Å². The van der Waals surface area contributed by atoms with Crippen molar-refractivity contribution >= 4 is 38.1 Å². The maximum absolute atomic E-state index is 12.5. The van der Waals surface area contributed by atoms with Crippen molar-refractivity contribution in [3.05, 3.63) is 59.6 Å². The van der Waals surface area contributed by atoms with E-state index in [0.717, 1.165) is 0 Å². The standard InChI is InChI=1S/C20H21N3O5S2/c1-27-16-7-9-18(10-8-16)30(25,26)23-20-22-15(13-29-20)6-11-19(24)21-14-4-3-5-17(12-14)28-2/h3-5,7-10,12-13H,6,11H2,1-2H3,(H,21,24)(H,22,23). The molecule has 0 unspecified atom stereocenters. The van der Waals surface area contributed by atoms with Crippen LogP contribution in [0.15, 0.2) is 58.8 Å². The molecular weight excluding hydrogens is 426 g/mol. The van der Waals surface area contributed by atoms with Crippen molar-refractivity contribution in [3.63, 3.8) is 0 Å². The fourth-order valence-electron chi connectivity index (χ4n) is 2.56. The predicted octanol–water partition coefficient (Wildman–Crippen LogP) is 3.53. The first-order valence-electron chi connectivity index (χ1n) is 8.95. The topological polar surface area (TPSA) is 107 Å². The number of ether oxygens (including phenoxy) is 2. The lowest BCUT2D eigenvalue weighted by Crippen LogP contribution is -2.13. The van der Waals surface area contributed by atoms with Crippen LogP contribution >= 0.6 is 11.3 Å². The summed E-state index contributed by atoms with van der Waals surface area (Å²) in [5.41, 5.74) is 1.28. The fraction of sp³-hybridized carbons (Fsp3) is 0.200. The Balaban J connectivity index is 1.55. The van der Waals surface area contributed by atoms with Gasteiger partial charge in [0, 0.05) is 23.6 Å². The highest BCUT2D eigenvalue weighted by atomic mass is 32.2. The lowest BCUT2D eigenvalue weighted by Gasteiger charge is -2.07. The van der Waals surface area contributed by atoms with Gasteiger partial charge in [-0.05, 0) is 42.8 Å². The first-order chi connectivity index (χ1) is 14.4. The number of sulfonamides is 1. The van der Waals surface area contributed by atoms with E-state index < -0.39 is 10.0 Å². The Bertz CT molecular complexity index is 1110. The van der Waals surface area contributed by atoms with Crippen molar-refractivity contribution in [2.75, 3.05) is 24.3 Å². The second kappa shape index (κ2) is 9.59. The van der Waals surface area contributed by atoms with Gasteiger partial charge >= 0.3 is 0 Å². The van der Waals surface area contributed by atoms with E-state index in [4.69, 9.17) is 9.47 Å². The molecule has 3 aromatic rings. The average molecular weight is 448 g/mol. The lowest BCUT2D eigenvalue weighted by molar-refractivity contribution is -0.116. The Morgan fingerprint density at radius 3 is 2.50 bits per heavy atom. The number of nitrogens with zero attached hydrogens (tertiary/aromatic N) is 1. The summed E-state index contributed by atoms with van der Waals surface area (Å²) in [6, 6.07) is 13.1. The van der Waals surface area contributed by atoms with Gasteiger partial charge in [0.1, 0.15) is 11.5 Å². The molecule has 2 N–H and O–H groups in total. The van der Waals surface area contributed by atoms with Gasteiger partial charge in [0.25, 0.3) is 10.0 Å². The van der Waals surface area contributed by atoms with Crippen molar-refractivity contribution < 1.29 is 22.7 Å². The highest BCUT2D eigenvalue weighted by molar-refractivity contribution is 7.93. The second-order valence-corrected chi connectivity index (χ2v) is 8.75. The van der Waals surface area contributed by atoms with E-state index >= 15 is 0 Å². The highest BCUT2D eigenvalue weighted by Crippen LogP contribution is 2.23. The Labute approximate surface area is 178 Å². The smallest absolute Gasteiger partial charge is 0.263 e. The number of methoxy groups -OCH3 is 2. The summed E-state index contributed by atoms with van der Waals surface area (Å²) in [6.07, 6.45) is 0.599. The first-order valence-corrected chi connectivity index (χ1v) is 11.3. The largest absolute Gasteiger partial charge is 0.497 e. The van der Waals surface area contributed by atoms with Gasteiger partial charge < -0.3 is 14.8 Å². The van der Waals surface area contributed by atoms with Gasteiger partial charge in [-0.15, -0.1) is 11.3 Å². The number of thiazole rings is 1. The molecule has 1 heterocycles. The number of aromatic nitrogens is 1. The molecule has 0 saturated carbocycles. The Kier molecular flexibility index (Phi) is 6.91. The Morgan fingerprint density at radius 1 is 1.07 bits per heavy atom. The van der Waals surface area contributed by atoms with E-state index in [2.05, 4.69) is 15.0 Å². The van der Waals surface area contributed by atoms with Crippen LogP contribution < -0.4 is 19.5 Å². The molecule has 1 aromatic heterocycles. The van der Waals surface area contributed by atoms with E-state index in [9.17, 15) is 13.2 Å². The second-order valence-electron chi connectivity index (χ2n) is 6.21. The summed E-state index contributed by atoms with van der Waals surface area (Å²) >= 11 is 1.17. The van der Waals surface area contributed by atoms with Crippen LogP contribution in [0.25, 0.3) is 0 Å². The summed E-state index contributed by atoms with van der Waals surface area (Å²) in [7, 11) is -0.683. The summed E-state index contributed by atoms with van der Waals surface area (Å²) < 4.78 is 37.6. The number of carbonyl (C=O) groups excluding carboxylic acids is 1. The number of anilines is 2. The van der Waals surface area contributed by atoms with E-state index in [-0.39, 0.29) is 22.4 Å². The van der Waals surface area contributed by atoms with E-state index in [1.807, 2.05) is 0 Å². The minimum absolute atomic E-state index is 0.109. The van der Waals surface area contributed by atoms with Crippen molar-refractivity contribution in [2.24, 2.45) is 0 Å². The quantitative estimate of drug-likeness (QED) is 0.520. The van der Waals surface area contributed by atoms with Crippen LogP contribution in [0.2, 0.25) is 0 Å². The molecule has 8 nitrogen and oxygen atoms in total. The van der Waals surface area contributed by atoms with Crippen molar-refractivity contribution in [1.82, 2.24) is 4.98 Å². The molecule has 30 heavy (non-hydrogen) atoms. The van der Waals surface area contributed by atoms with Crippen molar-refractivity contribution in [2.45, 2.75) is 17.7 Å². The van der Waals surface area contributed by atoms with Crippen LogP contribution in [-0.2, 0) is 21.2 Å². The predicted molar refractivity (Wildman–Crippen MR) is 116 cm³/mol. The van der Waals surface area contributed by atoms with Crippen LogP contribution in [-0.4, -0.2) is 33.5 Å². The van der Waals surface area contributed by atoms with Gasteiger partial charge in [-0.2, -0.15) is 0 Å². The summed E-state index contributed by atoms with van der Waals surface area (Å²) in [4.78, 5) is 16.5. The van der Waals surface area contributed by atoms with Crippen LogP contribution in [0.5, 0.6) is 11.5 Å². The van der Waals surface area contributed by atoms with Gasteiger partial charge in [0.15, 0.2) is 5.13 Å². The zero-order valence-corrected chi connectivity index (χ0v) is 18.0. The number of benzene rings is 2. The third kappa shape index (κ3) is 5.71. The maximum atomic E-state index is 12.5. The molecule has 0 fully saturated rings. The lowest BCUT2D eigenvalue weighted by atomic mass is 10.2. The fourth-order valence-corrected chi connectivity index (χ4v) is 4.56. The number of carbonyl (C=O) groups is 1. The number of nitrogens with one attached hydrogen (secondary N) is 2. The number of aryl methyl sites for hydroxylation is 1. The van der Waals surface area contributed by atoms with Crippen LogP contribution in [0.3, 0.4) is 0 Å². The van der Waals surface area contributed by atoms with Gasteiger partial charge in [0.2, 0.25) is 5.91 Å². The number of hydrogen-bond acceptors (Lipinski definition) is 7. The third-order valence-electron chi connectivity index (χ3n) is 4.10. The van der Waals surface area contributed by atoms with Crippen LogP contribution in [0, 0.1) is 0 Å². The van der Waals surface area contributed by atoms with Crippen molar-refractivity contribution in [1.29, 1.82) is 0 Å². The van der Waals surface area contributed by atoms with Crippen LogP contribution in [0.1, 0.15) is 12.1 Å². The molecule has 2 aromatic carbocycles. The van der Waals surface area contributed by atoms with Gasteiger partial charge in [-0.3, -0.25) is 9.52 Å². The maximum Gasteiger partial charge on any atom is 0.263 e. The molecule has 0 saturated heterocycles. The van der Waals surface area contributed by atoms with Gasteiger partial charge in [-0.25, -0.2) is 13.4 Å². The van der Waals surface area contributed by atoms with E-state index in [1.54, 1.807) is 48.9 Å². The molecule has 3 rings (SSSR count). The zero-order chi connectivity index (χ0) is 21.6. The molecule has 0 aliphatic heterocycles. The van der Waals surface area contributed by atoms with Crippen LogP contribution in [0.4, 0.5) is 10.8 Å². The highest BCUT2D eigenvalue weighted by Gasteiger charge is 2.16. The van der Waals surface area contributed by atoms with Crippen molar-refractivity contribution in [3.8, 4) is 11.5 Å². The summed E-state index contributed by atoms with van der Waals surface area (Å²) in [5, 5.41) is 4.77. The summed E-state index contributed by atoms with van der Waals surface area (Å²) in [5.74, 6) is 1.05. The molecule has 10 heteroatoms. The molecule has 0 atom stereocenters. The first kappa shape index (κ1) is 21.6. The molecule has 1 amide bonds. The normalized spacial score (nSPS) is 11.0. The number of rotatable bonds is 9. The zero-order valence-electron chi connectivity index (χ0n) is 16.4. The number of hydrogen-bond donors (Lipinski definition) is 2. The minimum atomic E-state index is -3.75. The monoisotopic (exact) mass is 447 g/mol. The Morgan fingerprint density at radius 2 is 1.80 bits per heavy atom. The average Bonchev–Trinajstić information content (AvgIpc) is 3.19. The molecular formula is C20H21N3O5S2. The summed E-state index contributed by atoms with van der Waals surface area (Å²) in [6.45, 7) is 0. The van der Waals surface area contributed by atoms with E-state index in [1.165, 1.54) is 30.6 Å². The SMILES string of the molecule is COc1ccc(S(=O)(=O)Nc2nc(CCC(=O)Nc3cccc(OC)c3)cs2)cc1. The minimum Gasteiger partial charge on any atom is -0.497 e. The molecule has 0 spiro atoms.